The fraction of sp³-hybridized carbons (Fsp3) is 0.292. The molecule has 2 fully saturated rings. The predicted molar refractivity (Wildman–Crippen MR) is 264 cm³/mol. The fourth-order valence-corrected chi connectivity index (χ4v) is 8.44. The van der Waals surface area contributed by atoms with Gasteiger partial charge in [0.25, 0.3) is 11.8 Å². The van der Waals surface area contributed by atoms with Gasteiger partial charge in [0.15, 0.2) is 17.3 Å². The van der Waals surface area contributed by atoms with Crippen LogP contribution < -0.4 is 5.32 Å². The Hall–Kier alpha value is -6.76. The molecule has 0 unspecified atom stereocenters. The number of imidazole rings is 2. The summed E-state index contributed by atoms with van der Waals surface area (Å²) in [5.74, 6) is 0.939. The lowest BCUT2D eigenvalue weighted by molar-refractivity contribution is -0.188. The second-order valence-corrected chi connectivity index (χ2v) is 15.2. The van der Waals surface area contributed by atoms with Crippen molar-refractivity contribution in [3.63, 3.8) is 0 Å². The van der Waals surface area contributed by atoms with Crippen molar-refractivity contribution in [1.82, 2.24) is 45.0 Å². The van der Waals surface area contributed by atoms with E-state index in [1.807, 2.05) is 102 Å². The normalized spacial score (nSPS) is 16.4. The maximum atomic E-state index is 14.0. The summed E-state index contributed by atoms with van der Waals surface area (Å²) in [6.07, 6.45) is 7.16. The van der Waals surface area contributed by atoms with E-state index >= 15 is 0 Å². The molecule has 3 N–H and O–H groups in total. The van der Waals surface area contributed by atoms with Gasteiger partial charge in [-0.05, 0) is 60.1 Å². The van der Waals surface area contributed by atoms with Crippen LogP contribution in [0.5, 0.6) is 0 Å². The third-order valence-electron chi connectivity index (χ3n) is 11.5. The van der Waals surface area contributed by atoms with Crippen LogP contribution in [0.15, 0.2) is 114 Å². The van der Waals surface area contributed by atoms with E-state index in [2.05, 4.69) is 35.1 Å². The van der Waals surface area contributed by atoms with Crippen LogP contribution in [0.25, 0.3) is 44.6 Å². The molecule has 0 radical (unpaired) electrons. The van der Waals surface area contributed by atoms with Crippen LogP contribution in [-0.4, -0.2) is 91.3 Å². The Bertz CT molecular complexity index is 2750. The summed E-state index contributed by atoms with van der Waals surface area (Å²) in [6.45, 7) is 1.10. The number of pyridine rings is 2. The number of carbonyl (C=O) groups excluding carboxylic acids is 3. The molecule has 9 rings (SSSR count). The summed E-state index contributed by atoms with van der Waals surface area (Å²) in [4.78, 5) is 83.6. The van der Waals surface area contributed by atoms with Gasteiger partial charge in [-0.1, -0.05) is 99.8 Å². The van der Waals surface area contributed by atoms with Gasteiger partial charge in [-0.2, -0.15) is 31.9 Å². The summed E-state index contributed by atoms with van der Waals surface area (Å²) in [5.41, 5.74) is 7.81. The zero-order valence-electron chi connectivity index (χ0n) is 35.1. The van der Waals surface area contributed by atoms with Gasteiger partial charge in [0, 0.05) is 36.6 Å². The molecule has 16 nitrogen and oxygen atoms in total. The van der Waals surface area contributed by atoms with E-state index < -0.39 is 18.2 Å². The van der Waals surface area contributed by atoms with Crippen LogP contribution in [0, 0.1) is 0 Å². The zero-order valence-corrected chi connectivity index (χ0v) is 37.1. The summed E-state index contributed by atoms with van der Waals surface area (Å²) in [5, 5.41) is 2.71. The maximum Gasteiger partial charge on any atom is 0.407 e. The van der Waals surface area contributed by atoms with Crippen molar-refractivity contribution in [3.05, 3.63) is 132 Å². The van der Waals surface area contributed by atoms with E-state index in [0.29, 0.717) is 41.6 Å². The molecule has 6 heterocycles. The van der Waals surface area contributed by atoms with Crippen LogP contribution in [-0.2, 0) is 24.1 Å². The van der Waals surface area contributed by atoms with E-state index in [1.165, 1.54) is 14.2 Å². The Labute approximate surface area is 397 Å². The summed E-state index contributed by atoms with van der Waals surface area (Å²) >= 11 is 0. The number of aliphatic imine (C=N–C) groups is 1. The van der Waals surface area contributed by atoms with Gasteiger partial charge in [-0.3, -0.25) is 9.59 Å². The van der Waals surface area contributed by atoms with Crippen molar-refractivity contribution in [2.45, 2.75) is 64.7 Å². The number of aromatic nitrogens is 6. The first-order valence-electron chi connectivity index (χ1n) is 20.5. The SMILES string of the molecule is C.C.COOC=N[C@@H](C(=O)N1CCC[C@H]1c1nc2ncc(-c3ccc(-c4cnc5nc([C@@H]6CCCN6C(=O)[C@H](NC(=O)OC)c6ccccc6)[nH]c5c4)cc3)cc2[nH]1)c1ccccc1.S.S. The van der Waals surface area contributed by atoms with Crippen LogP contribution in [0.4, 0.5) is 4.79 Å². The number of benzene rings is 3. The van der Waals surface area contributed by atoms with Crippen molar-refractivity contribution in [1.29, 1.82) is 0 Å². The molecule has 4 atom stereocenters. The van der Waals surface area contributed by atoms with Crippen molar-refractivity contribution in [3.8, 4) is 22.3 Å². The minimum atomic E-state index is -0.904. The highest BCUT2D eigenvalue weighted by Gasteiger charge is 2.38. The molecule has 3 aromatic carbocycles. The molecule has 346 valence electrons. The molecule has 7 aromatic rings. The minimum absolute atomic E-state index is 0. The first kappa shape index (κ1) is 50.2. The highest BCUT2D eigenvalue weighted by molar-refractivity contribution is 7.59. The van der Waals surface area contributed by atoms with Crippen LogP contribution in [0.2, 0.25) is 0 Å². The van der Waals surface area contributed by atoms with Crippen molar-refractivity contribution in [2.24, 2.45) is 4.99 Å². The molecular formula is C48H56N10O6S2. The van der Waals surface area contributed by atoms with Crippen molar-refractivity contribution in [2.75, 3.05) is 27.3 Å². The quantitative estimate of drug-likeness (QED) is 0.0462. The van der Waals surface area contributed by atoms with Crippen LogP contribution in [0.3, 0.4) is 0 Å². The van der Waals surface area contributed by atoms with E-state index in [4.69, 9.17) is 19.6 Å². The smallest absolute Gasteiger partial charge is 0.407 e. The monoisotopic (exact) mass is 932 g/mol. The largest absolute Gasteiger partial charge is 0.453 e. The first-order chi connectivity index (χ1) is 30.4. The number of ether oxygens (including phenoxy) is 1. The van der Waals surface area contributed by atoms with Gasteiger partial charge in [0.05, 0.1) is 37.3 Å². The standard InChI is InChI=1S/C46H44N10O6.2CH4.2H2S/c1-60-46(59)52-39(31-13-7-4-8-14-31)45(58)56-22-10-16-37(56)43-51-35-24-33(26-48-41(35)54-43)29-19-17-28(18-20-29)32-23-34-40(47-25-32)53-42(50-34)36-15-9-21-55(36)44(57)38(49-27-62-61-2)30-11-5-3-6-12-30;;;;/h3-8,11-14,17-20,23-27,36-39H,9-10,15-16,21-22H2,1-2H3,(H,52,59)(H,47,50,53)(H,48,51,54);2*1H4;2*1H2/t36-,37-,38+,39+;;;;/m0..../s1. The van der Waals surface area contributed by atoms with Gasteiger partial charge < -0.3 is 34.7 Å². The molecule has 2 saturated heterocycles. The molecule has 18 heteroatoms. The van der Waals surface area contributed by atoms with E-state index in [-0.39, 0.29) is 65.7 Å². The van der Waals surface area contributed by atoms with E-state index in [0.717, 1.165) is 70.9 Å². The third-order valence-corrected chi connectivity index (χ3v) is 11.5. The molecule has 3 amide bonds. The second-order valence-electron chi connectivity index (χ2n) is 15.2. The molecule has 2 aliphatic heterocycles. The van der Waals surface area contributed by atoms with E-state index in [1.54, 1.807) is 17.3 Å². The number of methoxy groups -OCH3 is 1. The third kappa shape index (κ3) is 10.4. The number of hydrogen-bond donors (Lipinski definition) is 3. The number of H-pyrrole nitrogens is 2. The van der Waals surface area contributed by atoms with Crippen LogP contribution in [0.1, 0.15) is 87.5 Å². The Morgan fingerprint density at radius 3 is 1.67 bits per heavy atom. The van der Waals surface area contributed by atoms with Crippen LogP contribution >= 0.6 is 27.0 Å². The number of alkyl carbamates (subject to hydrolysis) is 1. The number of nitrogens with one attached hydrogen (secondary N) is 3. The number of likely N-dealkylation sites (tertiary alicyclic amines) is 2. The number of fused-ring (bicyclic) bond motifs is 2. The van der Waals surface area contributed by atoms with Gasteiger partial charge in [-0.25, -0.2) is 29.7 Å². The molecule has 0 aliphatic carbocycles. The van der Waals surface area contributed by atoms with Crippen molar-refractivity contribution < 1.29 is 28.9 Å². The minimum Gasteiger partial charge on any atom is -0.453 e. The average Bonchev–Trinajstić information content (AvgIpc) is 4.15. The molecule has 2 aliphatic rings. The summed E-state index contributed by atoms with van der Waals surface area (Å²) < 4.78 is 4.84. The second kappa shape index (κ2) is 22.4. The Morgan fingerprint density at radius 2 is 1.18 bits per heavy atom. The topological polar surface area (TPSA) is 193 Å². The number of nitrogens with zero attached hydrogens (tertiary/aromatic N) is 7. The predicted octanol–water partition coefficient (Wildman–Crippen LogP) is 8.83. The number of amides is 3. The summed E-state index contributed by atoms with van der Waals surface area (Å²) in [6, 6.07) is 28.5. The Balaban J connectivity index is 0.00000204. The molecule has 0 saturated carbocycles. The lowest BCUT2D eigenvalue weighted by Gasteiger charge is -2.28. The fourth-order valence-electron chi connectivity index (χ4n) is 8.44. The van der Waals surface area contributed by atoms with Gasteiger partial charge in [0.1, 0.15) is 17.7 Å². The Morgan fingerprint density at radius 1 is 0.697 bits per heavy atom. The molecule has 0 bridgehead atoms. The lowest BCUT2D eigenvalue weighted by Crippen LogP contribution is -2.42. The zero-order chi connectivity index (χ0) is 42.6. The summed E-state index contributed by atoms with van der Waals surface area (Å²) in [7, 11) is 2.65. The average molecular weight is 933 g/mol. The van der Waals surface area contributed by atoms with Gasteiger partial charge in [-0.15, -0.1) is 0 Å². The molecule has 0 spiro atoms. The van der Waals surface area contributed by atoms with Crippen molar-refractivity contribution >= 4 is 73.6 Å². The maximum absolute atomic E-state index is 14.0. The number of hydrogen-bond acceptors (Lipinski definition) is 11. The first-order valence-corrected chi connectivity index (χ1v) is 20.5. The highest BCUT2D eigenvalue weighted by Crippen LogP contribution is 2.37. The number of carbonyl (C=O) groups is 3. The van der Waals surface area contributed by atoms with Gasteiger partial charge in [0.2, 0.25) is 6.40 Å². The highest BCUT2D eigenvalue weighted by atomic mass is 32.1. The lowest BCUT2D eigenvalue weighted by atomic mass is 10.0. The van der Waals surface area contributed by atoms with E-state index in [9.17, 15) is 14.4 Å². The van der Waals surface area contributed by atoms with Gasteiger partial charge >= 0.3 is 6.09 Å². The molecule has 66 heavy (non-hydrogen) atoms. The Kier molecular flexibility index (Phi) is 17.1. The molecule has 4 aromatic heterocycles. The molecular weight excluding hydrogens is 877 g/mol. The number of aromatic amines is 2. The number of rotatable bonds is 12.